The third kappa shape index (κ3) is 7.97. The number of thiophene rings is 1. The fraction of sp³-hybridized carbons (Fsp3) is 0.737. The lowest BCUT2D eigenvalue weighted by Gasteiger charge is -2.38. The Kier molecular flexibility index (Phi) is 9.53. The molecule has 2 atom stereocenters. The molecule has 1 aromatic rings. The summed E-state index contributed by atoms with van der Waals surface area (Å²) >= 11 is 1.79. The first-order chi connectivity index (χ1) is 13.4. The average Bonchev–Trinajstić information content (AvgIpc) is 3.15. The number of rotatable bonds is 9. The van der Waals surface area contributed by atoms with E-state index in [9.17, 15) is 13.2 Å². The van der Waals surface area contributed by atoms with Gasteiger partial charge >= 0.3 is 6.18 Å². The quantitative estimate of drug-likeness (QED) is 0.364. The van der Waals surface area contributed by atoms with E-state index in [0.717, 1.165) is 19.5 Å². The Morgan fingerprint density at radius 1 is 1.39 bits per heavy atom. The highest BCUT2D eigenvalue weighted by atomic mass is 32.1. The highest BCUT2D eigenvalue weighted by Crippen LogP contribution is 2.37. The standard InChI is InChI=1S/C19H31F3N4OS/c1-3-23-18(24-9-6-11-27-14-19(20,21)22)25-13-15-7-4-10-26(2)17(15)16-8-5-12-28-16/h5,8,12,15,17H,3-4,6-7,9-11,13-14H2,1-2H3,(H2,23,24,25). The molecule has 0 aliphatic carbocycles. The molecule has 0 amide bonds. The summed E-state index contributed by atoms with van der Waals surface area (Å²) in [6, 6.07) is 4.67. The molecule has 2 unspecified atom stereocenters. The number of guanidine groups is 1. The largest absolute Gasteiger partial charge is 0.411 e. The van der Waals surface area contributed by atoms with Crippen LogP contribution in [-0.2, 0) is 4.74 Å². The van der Waals surface area contributed by atoms with E-state index in [-0.39, 0.29) is 6.61 Å². The van der Waals surface area contributed by atoms with Gasteiger partial charge in [-0.15, -0.1) is 11.3 Å². The Bertz CT molecular complexity index is 580. The summed E-state index contributed by atoms with van der Waals surface area (Å²) in [5.41, 5.74) is 0. The van der Waals surface area contributed by atoms with Crippen molar-refractivity contribution < 1.29 is 17.9 Å². The second-order valence-corrected chi connectivity index (χ2v) is 7.99. The van der Waals surface area contributed by atoms with Gasteiger partial charge in [0.25, 0.3) is 0 Å². The van der Waals surface area contributed by atoms with Crippen LogP contribution in [0.3, 0.4) is 0 Å². The van der Waals surface area contributed by atoms with Crippen LogP contribution >= 0.6 is 11.3 Å². The molecule has 5 nitrogen and oxygen atoms in total. The van der Waals surface area contributed by atoms with E-state index in [2.05, 4.69) is 44.8 Å². The number of alkyl halides is 3. The van der Waals surface area contributed by atoms with E-state index in [1.54, 1.807) is 11.3 Å². The highest BCUT2D eigenvalue weighted by Gasteiger charge is 2.31. The maximum Gasteiger partial charge on any atom is 0.411 e. The topological polar surface area (TPSA) is 48.9 Å². The number of halogens is 3. The van der Waals surface area contributed by atoms with Crippen molar-refractivity contribution in [1.29, 1.82) is 0 Å². The molecule has 9 heteroatoms. The minimum absolute atomic E-state index is 0.0692. The smallest absolute Gasteiger partial charge is 0.372 e. The molecular weight excluding hydrogens is 389 g/mol. The minimum atomic E-state index is -4.27. The van der Waals surface area contributed by atoms with Crippen LogP contribution in [0.25, 0.3) is 0 Å². The van der Waals surface area contributed by atoms with Crippen molar-refractivity contribution in [2.75, 3.05) is 46.4 Å². The third-order valence-electron chi connectivity index (χ3n) is 4.69. The van der Waals surface area contributed by atoms with Crippen molar-refractivity contribution in [3.63, 3.8) is 0 Å². The predicted octanol–water partition coefficient (Wildman–Crippen LogP) is 3.66. The Hall–Kier alpha value is -1.32. The molecule has 1 aliphatic rings. The summed E-state index contributed by atoms with van der Waals surface area (Å²) in [6.07, 6.45) is -1.47. The van der Waals surface area contributed by atoms with Gasteiger partial charge in [-0.1, -0.05) is 6.07 Å². The first-order valence-electron chi connectivity index (χ1n) is 9.81. The SMILES string of the molecule is CCNC(=NCC1CCCN(C)C1c1cccs1)NCCCOCC(F)(F)F. The summed E-state index contributed by atoms with van der Waals surface area (Å²) < 4.78 is 40.8. The van der Waals surface area contributed by atoms with Crippen LogP contribution in [0, 0.1) is 5.92 Å². The van der Waals surface area contributed by atoms with E-state index in [4.69, 9.17) is 4.99 Å². The van der Waals surface area contributed by atoms with Crippen molar-refractivity contribution >= 4 is 17.3 Å². The van der Waals surface area contributed by atoms with Gasteiger partial charge in [0.15, 0.2) is 5.96 Å². The molecule has 2 N–H and O–H groups in total. The molecule has 1 aromatic heterocycles. The van der Waals surface area contributed by atoms with E-state index >= 15 is 0 Å². The fourth-order valence-corrected chi connectivity index (χ4v) is 4.46. The van der Waals surface area contributed by atoms with Crippen LogP contribution in [0.2, 0.25) is 0 Å². The van der Waals surface area contributed by atoms with Crippen LogP contribution in [-0.4, -0.2) is 63.5 Å². The van der Waals surface area contributed by atoms with E-state index in [1.165, 1.54) is 11.3 Å². The first kappa shape index (κ1) is 23.0. The number of nitrogens with zero attached hydrogens (tertiary/aromatic N) is 2. The summed E-state index contributed by atoms with van der Waals surface area (Å²) in [5, 5.41) is 8.51. The van der Waals surface area contributed by atoms with Gasteiger partial charge < -0.3 is 15.4 Å². The lowest BCUT2D eigenvalue weighted by atomic mass is 9.88. The van der Waals surface area contributed by atoms with Crippen LogP contribution in [0.5, 0.6) is 0 Å². The second-order valence-electron chi connectivity index (χ2n) is 7.01. The zero-order valence-corrected chi connectivity index (χ0v) is 17.4. The third-order valence-corrected chi connectivity index (χ3v) is 5.64. The summed E-state index contributed by atoms with van der Waals surface area (Å²) in [5.74, 6) is 1.15. The Labute approximate surface area is 169 Å². The Morgan fingerprint density at radius 2 is 2.21 bits per heavy atom. The molecule has 0 aromatic carbocycles. The number of piperidine rings is 1. The van der Waals surface area contributed by atoms with Gasteiger partial charge in [-0.25, -0.2) is 0 Å². The molecule has 0 radical (unpaired) electrons. The average molecular weight is 421 g/mol. The van der Waals surface area contributed by atoms with Gasteiger partial charge in [0.05, 0.1) is 0 Å². The molecule has 0 spiro atoms. The molecule has 1 aliphatic heterocycles. The Balaban J connectivity index is 1.83. The molecule has 1 saturated heterocycles. The first-order valence-corrected chi connectivity index (χ1v) is 10.7. The van der Waals surface area contributed by atoms with E-state index < -0.39 is 12.8 Å². The molecule has 160 valence electrons. The number of nitrogens with one attached hydrogen (secondary N) is 2. The monoisotopic (exact) mass is 420 g/mol. The van der Waals surface area contributed by atoms with Crippen molar-refractivity contribution in [3.8, 4) is 0 Å². The zero-order valence-electron chi connectivity index (χ0n) is 16.6. The number of ether oxygens (including phenoxy) is 1. The van der Waals surface area contributed by atoms with Crippen molar-refractivity contribution in [1.82, 2.24) is 15.5 Å². The lowest BCUT2D eigenvalue weighted by Crippen LogP contribution is -2.40. The number of aliphatic imine (C=N–C) groups is 1. The molecule has 0 saturated carbocycles. The minimum Gasteiger partial charge on any atom is -0.372 e. The van der Waals surface area contributed by atoms with Crippen molar-refractivity contribution in [2.24, 2.45) is 10.9 Å². The lowest BCUT2D eigenvalue weighted by molar-refractivity contribution is -0.173. The van der Waals surface area contributed by atoms with Crippen LogP contribution in [0.1, 0.15) is 37.1 Å². The number of likely N-dealkylation sites (tertiary alicyclic amines) is 1. The normalized spacial score (nSPS) is 21.7. The maximum absolute atomic E-state index is 12.1. The highest BCUT2D eigenvalue weighted by molar-refractivity contribution is 7.10. The number of hydrogen-bond donors (Lipinski definition) is 2. The predicted molar refractivity (Wildman–Crippen MR) is 108 cm³/mol. The van der Waals surface area contributed by atoms with Gasteiger partial charge in [-0.3, -0.25) is 9.89 Å². The van der Waals surface area contributed by atoms with Crippen LogP contribution in [0.15, 0.2) is 22.5 Å². The molecule has 0 bridgehead atoms. The molecule has 28 heavy (non-hydrogen) atoms. The molecule has 1 fully saturated rings. The summed E-state index contributed by atoms with van der Waals surface area (Å²) in [6.45, 7) is 3.93. The molecule has 2 heterocycles. The second kappa shape index (κ2) is 11.6. The van der Waals surface area contributed by atoms with Crippen molar-refractivity contribution in [3.05, 3.63) is 22.4 Å². The molecule has 2 rings (SSSR count). The number of hydrogen-bond acceptors (Lipinski definition) is 4. The summed E-state index contributed by atoms with van der Waals surface area (Å²) in [4.78, 5) is 8.53. The van der Waals surface area contributed by atoms with Crippen molar-refractivity contribution in [2.45, 2.75) is 38.4 Å². The van der Waals surface area contributed by atoms with Gasteiger partial charge in [-0.05, 0) is 57.1 Å². The molecular formula is C19H31F3N4OS. The Morgan fingerprint density at radius 3 is 2.89 bits per heavy atom. The van der Waals surface area contributed by atoms with E-state index in [1.807, 2.05) is 6.92 Å². The van der Waals surface area contributed by atoms with Gasteiger partial charge in [0.2, 0.25) is 0 Å². The van der Waals surface area contributed by atoms with Crippen LogP contribution in [0.4, 0.5) is 13.2 Å². The van der Waals surface area contributed by atoms with Gasteiger partial charge in [0.1, 0.15) is 6.61 Å². The van der Waals surface area contributed by atoms with E-state index in [0.29, 0.717) is 37.4 Å². The summed E-state index contributed by atoms with van der Waals surface area (Å²) in [7, 11) is 2.17. The van der Waals surface area contributed by atoms with Gasteiger partial charge in [0, 0.05) is 37.2 Å². The van der Waals surface area contributed by atoms with Gasteiger partial charge in [-0.2, -0.15) is 13.2 Å². The van der Waals surface area contributed by atoms with Crippen LogP contribution < -0.4 is 10.6 Å². The zero-order chi connectivity index (χ0) is 20.4. The fourth-order valence-electron chi connectivity index (χ4n) is 3.48. The maximum atomic E-state index is 12.1.